The first-order valence-corrected chi connectivity index (χ1v) is 11.1. The molecule has 1 heterocycles. The zero-order valence-corrected chi connectivity index (χ0v) is 18.6. The number of benzene rings is 3. The zero-order chi connectivity index (χ0) is 21.8. The molecule has 0 radical (unpaired) electrons. The van der Waals surface area contributed by atoms with Gasteiger partial charge in [0.15, 0.2) is 0 Å². The minimum Gasteiger partial charge on any atom is -0.457 e. The second-order valence-corrected chi connectivity index (χ2v) is 8.02. The number of nitrogens with one attached hydrogen (secondary N) is 1. The quantitative estimate of drug-likeness (QED) is 0.512. The highest BCUT2D eigenvalue weighted by Crippen LogP contribution is 2.44. The van der Waals surface area contributed by atoms with Crippen LogP contribution < -0.4 is 10.1 Å². The fraction of sp³-hybridized carbons (Fsp3) is 0.269. The summed E-state index contributed by atoms with van der Waals surface area (Å²) in [7, 11) is 0. The van der Waals surface area contributed by atoms with Crippen LogP contribution >= 0.6 is 11.6 Å². The van der Waals surface area contributed by atoms with E-state index in [0.29, 0.717) is 6.54 Å². The van der Waals surface area contributed by atoms with Crippen LogP contribution in [0, 0.1) is 0 Å². The number of ether oxygens (including phenoxy) is 1. The lowest BCUT2D eigenvalue weighted by Gasteiger charge is -2.32. The Labute approximate surface area is 188 Å². The highest BCUT2D eigenvalue weighted by Gasteiger charge is 2.33. The summed E-state index contributed by atoms with van der Waals surface area (Å²) < 4.78 is 6.04. The van der Waals surface area contributed by atoms with Crippen molar-refractivity contribution in [2.24, 2.45) is 0 Å². The number of amides is 1. The maximum Gasteiger partial charge on any atom is 0.232 e. The van der Waals surface area contributed by atoms with Crippen LogP contribution in [-0.2, 0) is 4.79 Å². The minimum atomic E-state index is -0.412. The number of rotatable bonds is 7. The normalized spacial score (nSPS) is 13.8. The van der Waals surface area contributed by atoms with Crippen molar-refractivity contribution in [3.63, 3.8) is 0 Å². The summed E-state index contributed by atoms with van der Waals surface area (Å²) in [5.74, 6) is 1.01. The van der Waals surface area contributed by atoms with Crippen LogP contribution in [-0.4, -0.2) is 30.4 Å². The predicted molar refractivity (Wildman–Crippen MR) is 125 cm³/mol. The van der Waals surface area contributed by atoms with Gasteiger partial charge in [0.25, 0.3) is 0 Å². The average Bonchev–Trinajstić information content (AvgIpc) is 2.80. The van der Waals surface area contributed by atoms with Crippen molar-refractivity contribution in [3.05, 3.63) is 94.5 Å². The number of para-hydroxylation sites is 2. The van der Waals surface area contributed by atoms with Gasteiger partial charge in [-0.1, -0.05) is 80.0 Å². The van der Waals surface area contributed by atoms with Crippen molar-refractivity contribution in [2.75, 3.05) is 19.6 Å². The van der Waals surface area contributed by atoms with E-state index < -0.39 is 5.92 Å². The molecular weight excluding hydrogens is 408 g/mol. The Bertz CT molecular complexity index is 1020. The third-order valence-electron chi connectivity index (χ3n) is 5.93. The molecule has 0 spiro atoms. The van der Waals surface area contributed by atoms with Gasteiger partial charge in [-0.2, -0.15) is 0 Å². The van der Waals surface area contributed by atoms with Crippen LogP contribution in [0.4, 0.5) is 0 Å². The molecular formula is C26H27ClN2O2. The van der Waals surface area contributed by atoms with E-state index in [1.165, 1.54) is 0 Å². The Morgan fingerprint density at radius 3 is 2.06 bits per heavy atom. The molecule has 160 valence electrons. The predicted octanol–water partition coefficient (Wildman–Crippen LogP) is 5.78. The van der Waals surface area contributed by atoms with Gasteiger partial charge in [-0.15, -0.1) is 0 Å². The number of fused-ring (bicyclic) bond motifs is 2. The highest BCUT2D eigenvalue weighted by molar-refractivity contribution is 6.31. The third-order valence-corrected chi connectivity index (χ3v) is 6.27. The van der Waals surface area contributed by atoms with Crippen LogP contribution in [0.25, 0.3) is 0 Å². The molecule has 1 aliphatic rings. The lowest BCUT2D eigenvalue weighted by atomic mass is 9.87. The molecule has 1 N–H and O–H groups in total. The smallest absolute Gasteiger partial charge is 0.232 e. The van der Waals surface area contributed by atoms with Crippen molar-refractivity contribution in [3.8, 4) is 11.5 Å². The average molecular weight is 435 g/mol. The SMILES string of the molecule is CCN(CC)[C@H](CNC(=O)C1c2ccccc2Oc2ccccc21)c1ccccc1Cl. The molecule has 0 fully saturated rings. The monoisotopic (exact) mass is 434 g/mol. The maximum atomic E-state index is 13.5. The van der Waals surface area contributed by atoms with Gasteiger partial charge in [-0.3, -0.25) is 9.69 Å². The summed E-state index contributed by atoms with van der Waals surface area (Å²) in [5.41, 5.74) is 2.80. The topological polar surface area (TPSA) is 41.6 Å². The van der Waals surface area contributed by atoms with Crippen molar-refractivity contribution in [2.45, 2.75) is 25.8 Å². The van der Waals surface area contributed by atoms with Crippen molar-refractivity contribution in [1.82, 2.24) is 10.2 Å². The maximum absolute atomic E-state index is 13.5. The second kappa shape index (κ2) is 9.54. The first-order chi connectivity index (χ1) is 15.1. The Morgan fingerprint density at radius 1 is 0.935 bits per heavy atom. The minimum absolute atomic E-state index is 0.00187. The summed E-state index contributed by atoms with van der Waals surface area (Å²) in [6.07, 6.45) is 0. The van der Waals surface area contributed by atoms with Crippen LogP contribution in [0.2, 0.25) is 5.02 Å². The first kappa shape index (κ1) is 21.4. The van der Waals surface area contributed by atoms with Crippen LogP contribution in [0.3, 0.4) is 0 Å². The molecule has 1 aliphatic heterocycles. The lowest BCUT2D eigenvalue weighted by Crippen LogP contribution is -2.40. The molecule has 4 rings (SSSR count). The highest BCUT2D eigenvalue weighted by atomic mass is 35.5. The molecule has 4 nitrogen and oxygen atoms in total. The first-order valence-electron chi connectivity index (χ1n) is 10.8. The van der Waals surface area contributed by atoms with Crippen molar-refractivity contribution in [1.29, 1.82) is 0 Å². The Hall–Kier alpha value is -2.82. The van der Waals surface area contributed by atoms with E-state index in [-0.39, 0.29) is 11.9 Å². The number of halogens is 1. The summed E-state index contributed by atoms with van der Waals surface area (Å²) in [5, 5.41) is 3.93. The van der Waals surface area contributed by atoms with Gasteiger partial charge in [0, 0.05) is 22.7 Å². The lowest BCUT2D eigenvalue weighted by molar-refractivity contribution is -0.122. The molecule has 0 saturated heterocycles. The zero-order valence-electron chi connectivity index (χ0n) is 17.8. The second-order valence-electron chi connectivity index (χ2n) is 7.61. The number of carbonyl (C=O) groups is 1. The molecule has 5 heteroatoms. The van der Waals surface area contributed by atoms with Crippen LogP contribution in [0.15, 0.2) is 72.8 Å². The van der Waals surface area contributed by atoms with E-state index in [0.717, 1.165) is 46.3 Å². The molecule has 0 bridgehead atoms. The van der Waals surface area contributed by atoms with Crippen molar-refractivity contribution >= 4 is 17.5 Å². The standard InChI is InChI=1S/C26H27ClN2O2/c1-3-29(4-2)22(18-11-5-8-14-21(18)27)17-28-26(30)25-19-12-6-9-15-23(19)31-24-16-10-7-13-20(24)25/h5-16,22,25H,3-4,17H2,1-2H3,(H,28,30)/t22-/m1/s1. The van der Waals surface area contributed by atoms with Crippen molar-refractivity contribution < 1.29 is 9.53 Å². The molecule has 0 aliphatic carbocycles. The number of hydrogen-bond donors (Lipinski definition) is 1. The van der Waals surface area contributed by atoms with Gasteiger partial charge < -0.3 is 10.1 Å². The number of hydrogen-bond acceptors (Lipinski definition) is 3. The number of carbonyl (C=O) groups excluding carboxylic acids is 1. The molecule has 3 aromatic rings. The Balaban J connectivity index is 1.62. The Kier molecular flexibility index (Phi) is 6.59. The Morgan fingerprint density at radius 2 is 1.48 bits per heavy atom. The van der Waals surface area contributed by atoms with E-state index >= 15 is 0 Å². The van der Waals surface area contributed by atoms with Gasteiger partial charge in [0.1, 0.15) is 11.5 Å². The van der Waals surface area contributed by atoms with E-state index in [1.807, 2.05) is 72.8 Å². The molecule has 0 unspecified atom stereocenters. The molecule has 1 amide bonds. The van der Waals surface area contributed by atoms with Gasteiger partial charge in [0.2, 0.25) is 5.91 Å². The molecule has 3 aromatic carbocycles. The number of nitrogens with zero attached hydrogens (tertiary/aromatic N) is 1. The molecule has 31 heavy (non-hydrogen) atoms. The van der Waals surface area contributed by atoms with E-state index in [1.54, 1.807) is 0 Å². The number of likely N-dealkylation sites (N-methyl/N-ethyl adjacent to an activating group) is 1. The summed E-state index contributed by atoms with van der Waals surface area (Å²) in [4.78, 5) is 15.8. The van der Waals surface area contributed by atoms with Gasteiger partial charge in [-0.25, -0.2) is 0 Å². The van der Waals surface area contributed by atoms with Gasteiger partial charge in [-0.05, 0) is 36.9 Å². The van der Waals surface area contributed by atoms with Gasteiger partial charge >= 0.3 is 0 Å². The van der Waals surface area contributed by atoms with E-state index in [2.05, 4.69) is 24.1 Å². The molecule has 0 saturated carbocycles. The third kappa shape index (κ3) is 4.32. The van der Waals surface area contributed by atoms with Crippen LogP contribution in [0.5, 0.6) is 11.5 Å². The van der Waals surface area contributed by atoms with Gasteiger partial charge in [0.05, 0.1) is 12.0 Å². The molecule has 0 aromatic heterocycles. The largest absolute Gasteiger partial charge is 0.457 e. The van der Waals surface area contributed by atoms with E-state index in [9.17, 15) is 4.79 Å². The fourth-order valence-electron chi connectivity index (χ4n) is 4.34. The van der Waals surface area contributed by atoms with E-state index in [4.69, 9.17) is 16.3 Å². The summed E-state index contributed by atoms with van der Waals surface area (Å²) >= 11 is 6.52. The van der Waals surface area contributed by atoms with Crippen LogP contribution in [0.1, 0.15) is 42.5 Å². The summed E-state index contributed by atoms with van der Waals surface area (Å²) in [6, 6.07) is 23.3. The summed E-state index contributed by atoms with van der Waals surface area (Å²) in [6.45, 7) is 6.46. The molecule has 1 atom stereocenters. The fourth-order valence-corrected chi connectivity index (χ4v) is 4.60.